The van der Waals surface area contributed by atoms with Crippen molar-refractivity contribution >= 4 is 17.4 Å². The number of carbonyl (C=O) groups excluding carboxylic acids is 1. The van der Waals surface area contributed by atoms with Gasteiger partial charge in [0, 0.05) is 0 Å². The third-order valence-electron chi connectivity index (χ3n) is 2.18. The summed E-state index contributed by atoms with van der Waals surface area (Å²) in [5.74, 6) is -13.0. The van der Waals surface area contributed by atoms with Crippen LogP contribution in [0.1, 0.15) is 10.5 Å². The third-order valence-corrected chi connectivity index (χ3v) is 2.18. The Hall–Kier alpha value is -2.72. The van der Waals surface area contributed by atoms with Crippen molar-refractivity contribution in [2.45, 2.75) is 0 Å². The highest BCUT2D eigenvalue weighted by Gasteiger charge is 2.28. The molecule has 0 saturated heterocycles. The number of benzene rings is 1. The Labute approximate surface area is 106 Å². The van der Waals surface area contributed by atoms with Crippen LogP contribution in [-0.4, -0.2) is 16.2 Å². The van der Waals surface area contributed by atoms with Crippen LogP contribution in [0, 0.1) is 29.1 Å². The Balaban J connectivity index is 2.45. The molecule has 0 unspecified atom stereocenters. The number of rotatable bonds is 2. The molecule has 0 fully saturated rings. The van der Waals surface area contributed by atoms with Gasteiger partial charge in [0.1, 0.15) is 5.69 Å². The fourth-order valence-corrected chi connectivity index (χ4v) is 1.24. The fourth-order valence-electron chi connectivity index (χ4n) is 1.24. The maximum Gasteiger partial charge on any atom is 0.281 e. The normalized spacial score (nSPS) is 10.7. The van der Waals surface area contributed by atoms with Gasteiger partial charge in [0.15, 0.2) is 23.3 Å². The highest BCUT2D eigenvalue weighted by molar-refractivity contribution is 6.05. The minimum absolute atomic E-state index is 0.522. The zero-order valence-corrected chi connectivity index (χ0v) is 9.18. The predicted octanol–water partition coefficient (Wildman–Crippen LogP) is 1.60. The lowest BCUT2D eigenvalue weighted by Gasteiger charge is -2.08. The second-order valence-corrected chi connectivity index (χ2v) is 3.40. The molecule has 0 saturated carbocycles. The Morgan fingerprint density at radius 3 is 1.90 bits per heavy atom. The summed E-state index contributed by atoms with van der Waals surface area (Å²) in [4.78, 5) is 11.5. The molecule has 20 heavy (non-hydrogen) atoms. The Bertz CT molecular complexity index is 673. The van der Waals surface area contributed by atoms with Gasteiger partial charge in [-0.15, -0.1) is 0 Å². The van der Waals surface area contributed by atoms with E-state index in [1.165, 1.54) is 5.32 Å². The van der Waals surface area contributed by atoms with Crippen molar-refractivity contribution in [2.75, 3.05) is 11.1 Å². The second kappa shape index (κ2) is 4.75. The van der Waals surface area contributed by atoms with Gasteiger partial charge in [0.2, 0.25) is 17.3 Å². The molecular weight excluding hydrogens is 291 g/mol. The van der Waals surface area contributed by atoms with Gasteiger partial charge >= 0.3 is 0 Å². The Morgan fingerprint density at radius 2 is 1.45 bits per heavy atom. The van der Waals surface area contributed by atoms with Crippen molar-refractivity contribution in [1.82, 2.24) is 10.3 Å². The van der Waals surface area contributed by atoms with E-state index in [9.17, 15) is 26.7 Å². The Kier molecular flexibility index (Phi) is 3.26. The van der Waals surface area contributed by atoms with Crippen LogP contribution < -0.4 is 11.1 Å². The van der Waals surface area contributed by atoms with E-state index in [-0.39, 0.29) is 0 Å². The highest BCUT2D eigenvalue weighted by Crippen LogP contribution is 2.27. The summed E-state index contributed by atoms with van der Waals surface area (Å²) >= 11 is 0. The molecule has 1 heterocycles. The van der Waals surface area contributed by atoms with Gasteiger partial charge in [0.25, 0.3) is 5.91 Å². The zero-order valence-electron chi connectivity index (χ0n) is 9.18. The first kappa shape index (κ1) is 13.7. The Morgan fingerprint density at radius 1 is 0.950 bits per heavy atom. The lowest BCUT2D eigenvalue weighted by atomic mass is 10.2. The van der Waals surface area contributed by atoms with E-state index in [1.54, 1.807) is 0 Å². The van der Waals surface area contributed by atoms with Gasteiger partial charge in [0.05, 0.1) is 0 Å². The molecule has 0 spiro atoms. The molecule has 0 aliphatic rings. The average Bonchev–Trinajstić information content (AvgIpc) is 2.85. The number of amides is 1. The number of nitrogens with one attached hydrogen (secondary N) is 1. The topological polar surface area (TPSA) is 94.0 Å². The molecule has 2 aromatic rings. The van der Waals surface area contributed by atoms with Crippen molar-refractivity contribution in [2.24, 2.45) is 0 Å². The number of hydrogen-bond donors (Lipinski definition) is 2. The van der Waals surface area contributed by atoms with Crippen LogP contribution in [0.5, 0.6) is 0 Å². The van der Waals surface area contributed by atoms with Gasteiger partial charge in [-0.3, -0.25) is 4.79 Å². The van der Waals surface area contributed by atoms with Crippen molar-refractivity contribution in [3.63, 3.8) is 0 Å². The van der Waals surface area contributed by atoms with Crippen LogP contribution in [-0.2, 0) is 0 Å². The molecule has 6 nitrogen and oxygen atoms in total. The van der Waals surface area contributed by atoms with Crippen molar-refractivity contribution in [3.05, 3.63) is 34.8 Å². The van der Waals surface area contributed by atoms with E-state index < -0.39 is 52.2 Å². The number of nitrogens with zero attached hydrogens (tertiary/aromatic N) is 2. The average molecular weight is 294 g/mol. The van der Waals surface area contributed by atoms with Crippen LogP contribution in [0.2, 0.25) is 0 Å². The van der Waals surface area contributed by atoms with Crippen LogP contribution in [0.3, 0.4) is 0 Å². The molecule has 0 aliphatic heterocycles. The highest BCUT2D eigenvalue weighted by atomic mass is 19.2. The quantitative estimate of drug-likeness (QED) is 0.498. The molecule has 0 atom stereocenters. The van der Waals surface area contributed by atoms with E-state index in [0.717, 1.165) is 0 Å². The number of halogens is 5. The van der Waals surface area contributed by atoms with Crippen LogP contribution in [0.25, 0.3) is 0 Å². The van der Waals surface area contributed by atoms with E-state index in [4.69, 9.17) is 5.73 Å². The zero-order chi connectivity index (χ0) is 15.0. The molecule has 3 N–H and O–H groups in total. The minimum atomic E-state index is -2.35. The van der Waals surface area contributed by atoms with Crippen LogP contribution in [0.4, 0.5) is 33.5 Å². The molecule has 11 heteroatoms. The first-order chi connectivity index (χ1) is 9.34. The van der Waals surface area contributed by atoms with Gasteiger partial charge in [-0.1, -0.05) is 0 Å². The molecule has 0 aliphatic carbocycles. The third kappa shape index (κ3) is 2.02. The number of nitrogens with two attached hydrogens (primary N) is 1. The molecule has 1 aromatic heterocycles. The molecule has 0 radical (unpaired) electrons. The number of hydrogen-bond acceptors (Lipinski definition) is 5. The molecule has 0 bridgehead atoms. The van der Waals surface area contributed by atoms with E-state index in [0.29, 0.717) is 0 Å². The monoisotopic (exact) mass is 294 g/mol. The maximum atomic E-state index is 13.3. The summed E-state index contributed by atoms with van der Waals surface area (Å²) in [6.07, 6.45) is 0. The largest absolute Gasteiger partial charge is 0.379 e. The standard InChI is InChI=1S/C9H3F5N4O2/c10-1-2(11)4(13)6(5(14)3(1)12)16-9(19)7-8(15)18-20-17-7/h(H2,15,18)(H,16,19). The van der Waals surface area contributed by atoms with Crippen molar-refractivity contribution in [1.29, 1.82) is 0 Å². The van der Waals surface area contributed by atoms with Crippen molar-refractivity contribution < 1.29 is 31.4 Å². The van der Waals surface area contributed by atoms with Gasteiger partial charge in [-0.2, -0.15) is 0 Å². The maximum absolute atomic E-state index is 13.3. The van der Waals surface area contributed by atoms with Gasteiger partial charge in [-0.05, 0) is 10.3 Å². The SMILES string of the molecule is Nc1nonc1C(=O)Nc1c(F)c(F)c(F)c(F)c1F. The molecule has 106 valence electrons. The molecule has 1 aromatic carbocycles. The second-order valence-electron chi connectivity index (χ2n) is 3.40. The van der Waals surface area contributed by atoms with Gasteiger partial charge < -0.3 is 11.1 Å². The van der Waals surface area contributed by atoms with Crippen LogP contribution >= 0.6 is 0 Å². The van der Waals surface area contributed by atoms with Gasteiger partial charge in [-0.25, -0.2) is 26.6 Å². The summed E-state index contributed by atoms with van der Waals surface area (Å²) in [7, 11) is 0. The first-order valence-corrected chi connectivity index (χ1v) is 4.75. The molecule has 1 amide bonds. The first-order valence-electron chi connectivity index (χ1n) is 4.75. The van der Waals surface area contributed by atoms with E-state index in [1.807, 2.05) is 0 Å². The number of anilines is 2. The fraction of sp³-hybridized carbons (Fsp3) is 0. The summed E-state index contributed by atoms with van der Waals surface area (Å²) in [5.41, 5.74) is 2.93. The molecular formula is C9H3F5N4O2. The number of aromatic nitrogens is 2. The van der Waals surface area contributed by atoms with Crippen molar-refractivity contribution in [3.8, 4) is 0 Å². The summed E-state index contributed by atoms with van der Waals surface area (Å²) in [6.45, 7) is 0. The predicted molar refractivity (Wildman–Crippen MR) is 52.9 cm³/mol. The van der Waals surface area contributed by atoms with Crippen LogP contribution in [0.15, 0.2) is 4.63 Å². The summed E-state index contributed by atoms with van der Waals surface area (Å²) in [6, 6.07) is 0. The summed E-state index contributed by atoms with van der Waals surface area (Å²) in [5, 5.41) is 7.47. The van der Waals surface area contributed by atoms with E-state index >= 15 is 0 Å². The minimum Gasteiger partial charge on any atom is -0.379 e. The summed E-state index contributed by atoms with van der Waals surface area (Å²) < 4.78 is 69.2. The lowest BCUT2D eigenvalue weighted by Crippen LogP contribution is -2.18. The molecule has 2 rings (SSSR count). The number of nitrogen functional groups attached to an aromatic ring is 1. The lowest BCUT2D eigenvalue weighted by molar-refractivity contribution is 0.101. The van der Waals surface area contributed by atoms with E-state index in [2.05, 4.69) is 14.9 Å². The smallest absolute Gasteiger partial charge is 0.281 e. The number of carbonyl (C=O) groups is 1.